The van der Waals surface area contributed by atoms with Crippen LogP contribution in [0.1, 0.15) is 90.0 Å². The number of aliphatic hydroxyl groups is 2. The molecule has 8 N–H and O–H groups in total. The molecule has 2 rings (SSSR count). The summed E-state index contributed by atoms with van der Waals surface area (Å²) in [5.41, 5.74) is -3.86. The minimum absolute atomic E-state index is 0. The van der Waals surface area contributed by atoms with Gasteiger partial charge in [0, 0.05) is 48.6 Å². The van der Waals surface area contributed by atoms with E-state index in [0.717, 1.165) is 24.3 Å². The number of carbonyl (C=O) groups is 6. The van der Waals surface area contributed by atoms with Crippen molar-refractivity contribution in [2.24, 2.45) is 0 Å². The number of nitro groups is 4. The molecule has 0 fully saturated rings. The molecule has 30 heteroatoms. The van der Waals surface area contributed by atoms with E-state index in [1.807, 2.05) is 0 Å². The molecule has 0 aliphatic heterocycles. The molecular formula is C38H52N4O24Yb2+2. The van der Waals surface area contributed by atoms with Crippen LogP contribution in [0.15, 0.2) is 83.7 Å². The number of aliphatic hydroxyl groups excluding tert-OH is 2. The number of hydrogen-bond donors (Lipinski definition) is 2. The van der Waals surface area contributed by atoms with Gasteiger partial charge in [-0.3, -0.25) is 59.6 Å². The fraction of sp³-hybridized carbons (Fsp3) is 0.316. The number of aromatic carboxylic acids is 2. The van der Waals surface area contributed by atoms with Crippen LogP contribution in [0.2, 0.25) is 0 Å². The van der Waals surface area contributed by atoms with Crippen molar-refractivity contribution in [3.8, 4) is 0 Å². The third kappa shape index (κ3) is 62.8. The fourth-order valence-corrected chi connectivity index (χ4v) is 2.99. The van der Waals surface area contributed by atoms with E-state index >= 15 is 0 Å². The van der Waals surface area contributed by atoms with E-state index in [2.05, 4.69) is 0 Å². The minimum atomic E-state index is -1.71. The fourth-order valence-electron chi connectivity index (χ4n) is 2.99. The summed E-state index contributed by atoms with van der Waals surface area (Å²) in [6.07, 6.45) is 4.22. The van der Waals surface area contributed by atoms with Gasteiger partial charge in [-0.25, -0.2) is 0 Å². The molecule has 0 unspecified atom stereocenters. The first-order chi connectivity index (χ1) is 29.2. The zero-order valence-electron chi connectivity index (χ0n) is 37.7. The van der Waals surface area contributed by atoms with Crippen molar-refractivity contribution in [1.82, 2.24) is 0 Å². The average molecular weight is 1290 g/mol. The topological polar surface area (TPSA) is 520 Å². The third-order valence-corrected chi connectivity index (χ3v) is 4.75. The monoisotopic (exact) mass is 1300 g/mol. The zero-order chi connectivity index (χ0) is 52.0. The number of ketones is 4. The van der Waals surface area contributed by atoms with Gasteiger partial charge in [0.15, 0.2) is 23.1 Å². The van der Waals surface area contributed by atoms with E-state index in [-0.39, 0.29) is 164 Å². The summed E-state index contributed by atoms with van der Waals surface area (Å²) in [6, 6.07) is 4.13. The van der Waals surface area contributed by atoms with Crippen molar-refractivity contribution < 1.29 is 194 Å². The first-order valence-corrected chi connectivity index (χ1v) is 17.1. The van der Waals surface area contributed by atoms with Crippen LogP contribution >= 0.6 is 0 Å². The van der Waals surface area contributed by atoms with E-state index in [9.17, 15) is 99.9 Å². The Bertz CT molecular complexity index is 1680. The molecule has 0 bridgehead atoms. The summed E-state index contributed by atoms with van der Waals surface area (Å²) in [7, 11) is 0. The van der Waals surface area contributed by atoms with Gasteiger partial charge in [0.1, 0.15) is 0 Å². The smallest absolute Gasteiger partial charge is 0.876 e. The normalized spacial score (nSPS) is 9.47. The summed E-state index contributed by atoms with van der Waals surface area (Å²) in [5, 5.41) is 117. The van der Waals surface area contributed by atoms with E-state index in [1.54, 1.807) is 13.8 Å². The van der Waals surface area contributed by atoms with Crippen molar-refractivity contribution in [2.75, 3.05) is 13.2 Å². The Hall–Kier alpha value is -5.30. The molecule has 0 saturated carbocycles. The van der Waals surface area contributed by atoms with Crippen molar-refractivity contribution in [3.63, 3.8) is 0 Å². The van der Waals surface area contributed by atoms with Gasteiger partial charge in [-0.2, -0.15) is 0 Å². The number of non-ortho nitro benzene ring substituents is 4. The Morgan fingerprint density at radius 3 is 0.603 bits per heavy atom. The maximum absolute atomic E-state index is 10.4. The molecule has 0 aliphatic carbocycles. The van der Waals surface area contributed by atoms with Gasteiger partial charge in [-0.1, -0.05) is 27.7 Å². The van der Waals surface area contributed by atoms with Gasteiger partial charge in [0.2, 0.25) is 0 Å². The molecule has 0 atom stereocenters. The SMILES string of the molecule is CC(=O)/C=C(/C)[O-].CC(=O)/C=C(/C)[O-].CC(=O)/C=C(/C)[O-].CC(=O)/C=C(/C)[O-].CCO.CCO.O=C([O-])c1cc([N+](=O)[O-])cc([N+](=O)[O-])c1.O=C([O-])c1cc([N+](=O)[O-])cc([N+](=O)[O-])c1.[OH3+].[OH3+].[Yb+3].[Yb+3]. The zero-order valence-corrected chi connectivity index (χ0v) is 41.2. The Morgan fingerprint density at radius 1 is 0.412 bits per heavy atom. The molecule has 0 spiro atoms. The Kier molecular flexibility index (Phi) is 64.6. The summed E-state index contributed by atoms with van der Waals surface area (Å²) in [5.74, 6) is -4.91. The molecule has 2 aromatic carbocycles. The molecule has 2 radical (unpaired) electrons. The first-order valence-electron chi connectivity index (χ1n) is 17.1. The van der Waals surface area contributed by atoms with E-state index < -0.39 is 65.5 Å². The number of benzene rings is 2. The second kappa shape index (κ2) is 51.1. The van der Waals surface area contributed by atoms with Crippen LogP contribution in [0.3, 0.4) is 0 Å². The maximum Gasteiger partial charge on any atom is 3.00 e. The van der Waals surface area contributed by atoms with Gasteiger partial charge in [-0.05, 0) is 65.8 Å². The molecule has 0 heterocycles. The van der Waals surface area contributed by atoms with Gasteiger partial charge in [0.05, 0.1) is 43.8 Å². The second-order valence-electron chi connectivity index (χ2n) is 11.2. The van der Waals surface area contributed by atoms with Crippen LogP contribution < -0.4 is 30.6 Å². The van der Waals surface area contributed by atoms with Crippen molar-refractivity contribution in [3.05, 3.63) is 135 Å². The van der Waals surface area contributed by atoms with Gasteiger partial charge in [-0.15, -0.1) is 23.0 Å². The summed E-state index contributed by atoms with van der Waals surface area (Å²) in [6.45, 7) is 14.6. The summed E-state index contributed by atoms with van der Waals surface area (Å²) >= 11 is 0. The first kappa shape index (κ1) is 85.9. The molecule has 68 heavy (non-hydrogen) atoms. The number of carbonyl (C=O) groups excluding carboxylic acids is 6. The van der Waals surface area contributed by atoms with E-state index in [1.165, 1.54) is 55.4 Å². The molecule has 394 valence electrons. The largest absolute Gasteiger partial charge is 3.00 e. The van der Waals surface area contributed by atoms with Crippen LogP contribution in [0.25, 0.3) is 0 Å². The minimum Gasteiger partial charge on any atom is -0.876 e. The number of rotatable bonds is 10. The van der Waals surface area contributed by atoms with Gasteiger partial charge < -0.3 is 61.4 Å². The van der Waals surface area contributed by atoms with Gasteiger partial charge in [0.25, 0.3) is 22.7 Å². The van der Waals surface area contributed by atoms with Crippen LogP contribution in [0.5, 0.6) is 0 Å². The molecular weight excluding hydrogens is 1240 g/mol. The molecule has 28 nitrogen and oxygen atoms in total. The van der Waals surface area contributed by atoms with Crippen LogP contribution in [-0.2, 0) is 30.1 Å². The molecule has 0 aromatic heterocycles. The van der Waals surface area contributed by atoms with E-state index in [0.29, 0.717) is 36.4 Å². The second-order valence-corrected chi connectivity index (χ2v) is 11.2. The quantitative estimate of drug-likeness (QED) is 0.0800. The molecule has 0 amide bonds. The van der Waals surface area contributed by atoms with Crippen LogP contribution in [-0.4, -0.2) is 78.2 Å². The number of nitrogens with zero attached hydrogens (tertiary/aromatic N) is 4. The maximum atomic E-state index is 10.4. The standard InChI is InChI=1S/2C7H4N2O6.4C5H8O2.2C2H6O.2H2O.2Yb/c2*10-7(11)4-1-5(8(12)13)3-6(2-4)9(14)15;4*1-4(6)3-5(2)7;2*1-2-3;;;;/h2*1-3H,(H,10,11);4*3,6H,1-2H3;2*3H,2H2,1H3;2*1H2;;/q;;;;;;;;;;2*+3/p-4/b;;4*4-3-;;;;;;. The van der Waals surface area contributed by atoms with Crippen molar-refractivity contribution >= 4 is 57.8 Å². The van der Waals surface area contributed by atoms with Crippen LogP contribution in [0.4, 0.5) is 22.7 Å². The van der Waals surface area contributed by atoms with Crippen LogP contribution in [0, 0.1) is 134 Å². The molecule has 2 aromatic rings. The Balaban J connectivity index is -0.0000000740. The number of hydrogen-bond acceptors (Lipinski definition) is 22. The summed E-state index contributed by atoms with van der Waals surface area (Å²) in [4.78, 5) is 98.3. The number of carboxylic acid groups (broad SMARTS) is 2. The third-order valence-electron chi connectivity index (χ3n) is 4.75. The predicted octanol–water partition coefficient (Wildman–Crippen LogP) is -2.76. The predicted molar refractivity (Wildman–Crippen MR) is 221 cm³/mol. The Labute approximate surface area is 465 Å². The van der Waals surface area contributed by atoms with Crippen molar-refractivity contribution in [2.45, 2.75) is 69.2 Å². The number of allylic oxidation sites excluding steroid dienone is 8. The molecule has 0 saturated heterocycles. The number of carboxylic acids is 2. The summed E-state index contributed by atoms with van der Waals surface area (Å²) < 4.78 is 0. The Morgan fingerprint density at radius 2 is 0.544 bits per heavy atom. The van der Waals surface area contributed by atoms with E-state index in [4.69, 9.17) is 10.2 Å². The van der Waals surface area contributed by atoms with Crippen molar-refractivity contribution in [1.29, 1.82) is 0 Å². The average Bonchev–Trinajstić information content (AvgIpc) is 3.10. The number of nitro benzene ring substituents is 4. The molecule has 0 aliphatic rings. The van der Waals surface area contributed by atoms with Gasteiger partial charge >= 0.3 is 93.8 Å².